The minimum atomic E-state index is -1.36. The van der Waals surface area contributed by atoms with E-state index >= 15 is 0 Å². The van der Waals surface area contributed by atoms with Crippen molar-refractivity contribution in [2.45, 2.75) is 114 Å². The van der Waals surface area contributed by atoms with Gasteiger partial charge in [0.25, 0.3) is 0 Å². The fraction of sp³-hybridized carbons (Fsp3) is 0.510. The number of hydrogen-bond acceptors (Lipinski definition) is 15. The molecule has 0 aliphatic heterocycles. The third-order valence-corrected chi connectivity index (χ3v) is 12.0. The molecule has 0 bridgehead atoms. The summed E-state index contributed by atoms with van der Waals surface area (Å²) in [6.07, 6.45) is 2.04. The lowest BCUT2D eigenvalue weighted by Gasteiger charge is -2.27. The summed E-state index contributed by atoms with van der Waals surface area (Å²) in [5.41, 5.74) is 56.5. The maximum Gasteiger partial charge on any atom is 0.243 e. The van der Waals surface area contributed by atoms with Crippen LogP contribution in [-0.2, 0) is 28.8 Å². The second-order valence-corrected chi connectivity index (χ2v) is 18.4. The molecule has 3 rings (SSSR count). The Kier molecular flexibility index (Phi) is 28.9. The average Bonchev–Trinajstić information content (AvgIpc) is 3.91. The molecule has 0 aliphatic carbocycles. The summed E-state index contributed by atoms with van der Waals surface area (Å²) in [4.78, 5) is 103. The predicted octanol–water partition coefficient (Wildman–Crippen LogP) is -4.52. The van der Waals surface area contributed by atoms with Gasteiger partial charge in [-0.15, -0.1) is 5.10 Å². The van der Waals surface area contributed by atoms with Crippen LogP contribution in [0.15, 0.2) is 61.4 Å². The number of rotatable bonds is 37. The quantitative estimate of drug-likeness (QED) is 0.0147. The van der Waals surface area contributed by atoms with Crippen LogP contribution in [0.25, 0.3) is 22.0 Å². The van der Waals surface area contributed by atoms with Crippen LogP contribution in [0.1, 0.15) is 89.2 Å². The Morgan fingerprint density at radius 1 is 0.519 bits per heavy atom. The van der Waals surface area contributed by atoms with Crippen molar-refractivity contribution in [1.82, 2.24) is 47.3 Å². The molecule has 0 saturated carbocycles. The van der Waals surface area contributed by atoms with E-state index in [4.69, 9.17) is 62.1 Å². The van der Waals surface area contributed by atoms with E-state index in [1.165, 1.54) is 7.05 Å². The molecular formula is C49H79N25O7. The zero-order chi connectivity index (χ0) is 59.7. The van der Waals surface area contributed by atoms with Gasteiger partial charge in [0.15, 0.2) is 35.5 Å². The van der Waals surface area contributed by atoms with Crippen molar-refractivity contribution in [3.05, 3.63) is 42.1 Å². The maximum atomic E-state index is 14.4. The highest BCUT2D eigenvalue weighted by Crippen LogP contribution is 2.27. The summed E-state index contributed by atoms with van der Waals surface area (Å²) < 4.78 is 5.99. The lowest BCUT2D eigenvalue weighted by atomic mass is 10.0. The number of hydrogen-bond donors (Lipinski definition) is 17. The number of amides is 6. The van der Waals surface area contributed by atoms with Gasteiger partial charge in [0, 0.05) is 51.8 Å². The number of likely N-dealkylation sites (N-methyl/N-ethyl adjacent to an activating group) is 1. The fourth-order valence-electron chi connectivity index (χ4n) is 7.94. The molecule has 81 heavy (non-hydrogen) atoms. The van der Waals surface area contributed by atoms with Gasteiger partial charge in [-0.05, 0) is 106 Å². The van der Waals surface area contributed by atoms with Gasteiger partial charge in [0.2, 0.25) is 35.4 Å². The van der Waals surface area contributed by atoms with Crippen molar-refractivity contribution in [3.63, 3.8) is 0 Å². The molecule has 0 fully saturated rings. The van der Waals surface area contributed by atoms with Crippen molar-refractivity contribution in [3.8, 4) is 23.1 Å². The molecule has 1 aromatic heterocycles. The molecule has 2 aromatic carbocycles. The Morgan fingerprint density at radius 2 is 0.901 bits per heavy atom. The van der Waals surface area contributed by atoms with Crippen LogP contribution < -0.4 is 94.0 Å². The van der Waals surface area contributed by atoms with Gasteiger partial charge < -0.3 is 94.0 Å². The molecule has 0 aliphatic rings. The normalized spacial score (nSPS) is 12.5. The van der Waals surface area contributed by atoms with Crippen molar-refractivity contribution < 1.29 is 33.5 Å². The maximum absolute atomic E-state index is 14.4. The van der Waals surface area contributed by atoms with Gasteiger partial charge >= 0.3 is 0 Å². The first-order chi connectivity index (χ1) is 38.7. The minimum absolute atomic E-state index is 0.0163. The van der Waals surface area contributed by atoms with E-state index in [-0.39, 0.29) is 139 Å². The van der Waals surface area contributed by atoms with Gasteiger partial charge in [-0.2, -0.15) is 15.6 Å². The number of aromatic amines is 1. The number of aromatic nitrogens is 3. The number of nitriles is 1. The van der Waals surface area contributed by atoms with Crippen LogP contribution in [0.2, 0.25) is 0 Å². The lowest BCUT2D eigenvalue weighted by Crippen LogP contribution is -2.59. The summed E-state index contributed by atoms with van der Waals surface area (Å²) >= 11 is 0. The van der Waals surface area contributed by atoms with Crippen LogP contribution in [-0.4, -0.2) is 157 Å². The SMILES string of the molecule is CNC(=O)[C@H](CCCN=C(N)N)NC(=O)[C@H](CCCN=C(N)N)NC(=O)[C@H](CCCN=C(N)N)NC(=O)[C@H](CCCN=C(N)N)NC(=O)[C@H](CCCN=C(N)N)NC(=O)CCCCOc1ccc2cc(-c3n[nH]nc3C#N)ccc2c1. The van der Waals surface area contributed by atoms with Crippen LogP contribution >= 0.6 is 0 Å². The third kappa shape index (κ3) is 25.5. The smallest absolute Gasteiger partial charge is 0.243 e. The molecule has 6 amide bonds. The fourth-order valence-corrected chi connectivity index (χ4v) is 7.94. The number of fused-ring (bicyclic) bond motifs is 1. The molecule has 1 heterocycles. The van der Waals surface area contributed by atoms with Crippen LogP contribution in [0.3, 0.4) is 0 Å². The first-order valence-corrected chi connectivity index (χ1v) is 26.2. The van der Waals surface area contributed by atoms with E-state index in [1.54, 1.807) is 0 Å². The number of benzene rings is 2. The van der Waals surface area contributed by atoms with Crippen LogP contribution in [0, 0.1) is 11.3 Å². The third-order valence-electron chi connectivity index (χ3n) is 12.0. The van der Waals surface area contributed by atoms with Crippen molar-refractivity contribution in [2.75, 3.05) is 46.4 Å². The number of nitrogens with zero attached hydrogens (tertiary/aromatic N) is 8. The highest BCUT2D eigenvalue weighted by atomic mass is 16.5. The molecule has 32 nitrogen and oxygen atoms in total. The molecular weight excluding hydrogens is 1050 g/mol. The molecule has 5 atom stereocenters. The number of carbonyl (C=O) groups excluding carboxylic acids is 6. The highest BCUT2D eigenvalue weighted by Gasteiger charge is 2.32. The van der Waals surface area contributed by atoms with Gasteiger partial charge in [-0.1, -0.05) is 18.2 Å². The summed E-state index contributed by atoms with van der Waals surface area (Å²) in [6.45, 7) is 0.770. The second kappa shape index (κ2) is 35.7. The van der Waals surface area contributed by atoms with Gasteiger partial charge in [0.1, 0.15) is 47.7 Å². The average molecular weight is 1130 g/mol. The molecule has 442 valence electrons. The minimum Gasteiger partial charge on any atom is -0.494 e. The number of nitrogens with one attached hydrogen (secondary N) is 7. The highest BCUT2D eigenvalue weighted by molar-refractivity contribution is 5.96. The zero-order valence-corrected chi connectivity index (χ0v) is 45.5. The first-order valence-electron chi connectivity index (χ1n) is 26.2. The summed E-state index contributed by atoms with van der Waals surface area (Å²) in [7, 11) is 1.39. The number of guanidine groups is 5. The number of unbranched alkanes of at least 4 members (excludes halogenated alkanes) is 1. The summed E-state index contributed by atoms with van der Waals surface area (Å²) in [5, 5.41) is 37.6. The Hall–Kier alpha value is -9.70. The van der Waals surface area contributed by atoms with Crippen molar-refractivity contribution in [1.29, 1.82) is 5.26 Å². The van der Waals surface area contributed by atoms with Gasteiger partial charge in [-0.3, -0.25) is 53.7 Å². The number of ether oxygens (including phenoxy) is 1. The standard InChI is InChI=1S/C49H79N25O7/c1-61-40(76)32(9-4-19-62-45(51)52)68-42(78)34(11-6-21-64-47(55)56)70-44(80)36(13-8-23-66-49(59)60)71-43(79)35(12-7-22-65-48(57)58)69-41(77)33(10-5-20-63-46(53)54)67-38(75)14-2-3-24-81-31-18-17-28-25-30(16-15-29(28)26-31)39-37(27-50)72-74-73-39/h15-18,25-26,32-36H,2-14,19-24H2,1H3,(H,61,76)(H,67,75)(H,68,78)(H,69,77)(H,70,80)(H,71,79)(H4,51,52,62)(H4,53,54,63)(H4,55,56,64)(H4,57,58,65)(H4,59,60,66)(H,72,73,74)/t32-,33-,34-,35-,36-/m0/s1. The Labute approximate surface area is 468 Å². The molecule has 0 radical (unpaired) electrons. The number of carbonyl (C=O) groups is 6. The van der Waals surface area contributed by atoms with Crippen LogP contribution in [0.4, 0.5) is 0 Å². The van der Waals surface area contributed by atoms with Crippen LogP contribution in [0.5, 0.6) is 5.75 Å². The molecule has 0 spiro atoms. The van der Waals surface area contributed by atoms with Crippen molar-refractivity contribution >= 4 is 76.0 Å². The topological polar surface area (TPSA) is 571 Å². The van der Waals surface area contributed by atoms with E-state index in [1.807, 2.05) is 42.5 Å². The van der Waals surface area contributed by atoms with E-state index in [0.717, 1.165) is 16.3 Å². The first kappa shape index (κ1) is 65.6. The zero-order valence-electron chi connectivity index (χ0n) is 45.5. The van der Waals surface area contributed by atoms with E-state index < -0.39 is 65.7 Å². The molecule has 0 saturated heterocycles. The Bertz CT molecular complexity index is 2730. The monoisotopic (exact) mass is 1130 g/mol. The molecule has 32 heteroatoms. The lowest BCUT2D eigenvalue weighted by molar-refractivity contribution is -0.135. The van der Waals surface area contributed by atoms with Crippen molar-refractivity contribution in [2.24, 2.45) is 82.3 Å². The summed E-state index contributed by atoms with van der Waals surface area (Å²) in [6, 6.07) is 6.99. The molecule has 3 aromatic rings. The predicted molar refractivity (Wildman–Crippen MR) is 307 cm³/mol. The molecule has 27 N–H and O–H groups in total. The number of aliphatic imine (C=N–C) groups is 5. The Morgan fingerprint density at radius 3 is 1.30 bits per heavy atom. The number of nitrogens with two attached hydrogens (primary N) is 10. The van der Waals surface area contributed by atoms with E-state index in [2.05, 4.69) is 72.3 Å². The Balaban J connectivity index is 1.81. The van der Waals surface area contributed by atoms with E-state index in [0.29, 0.717) is 30.7 Å². The molecule has 0 unspecified atom stereocenters. The second-order valence-electron chi connectivity index (χ2n) is 18.4. The van der Waals surface area contributed by atoms with Gasteiger partial charge in [-0.25, -0.2) is 0 Å². The number of H-pyrrole nitrogens is 1. The van der Waals surface area contributed by atoms with E-state index in [9.17, 15) is 34.0 Å². The largest absolute Gasteiger partial charge is 0.494 e. The summed E-state index contributed by atoms with van der Waals surface area (Å²) in [5.74, 6) is -4.40. The van der Waals surface area contributed by atoms with Gasteiger partial charge in [0.05, 0.1) is 6.61 Å².